The Hall–Kier alpha value is 0.0900. The lowest BCUT2D eigenvalue weighted by Gasteiger charge is -2.22. The second kappa shape index (κ2) is 6.14. The molecule has 0 radical (unpaired) electrons. The molecule has 3 nitrogen and oxygen atoms in total. The predicted octanol–water partition coefficient (Wildman–Crippen LogP) is 2.79. The first-order chi connectivity index (χ1) is 7.79. The van der Waals surface area contributed by atoms with Gasteiger partial charge in [-0.2, -0.15) is 5.10 Å². The first-order valence-electron chi connectivity index (χ1n) is 5.62. The second-order valence-corrected chi connectivity index (χ2v) is 6.72. The number of aromatic nitrogens is 2. The van der Waals surface area contributed by atoms with Gasteiger partial charge in [-0.15, -0.1) is 0 Å². The van der Waals surface area contributed by atoms with E-state index in [1.807, 2.05) is 10.9 Å². The Labute approximate surface area is 110 Å². The average molecular weight is 275 g/mol. The molecule has 16 heavy (non-hydrogen) atoms. The van der Waals surface area contributed by atoms with Crippen molar-refractivity contribution in [1.82, 2.24) is 15.1 Å². The molecule has 0 bridgehead atoms. The van der Waals surface area contributed by atoms with Crippen molar-refractivity contribution in [1.29, 1.82) is 0 Å². The molecule has 0 atom stereocenters. The van der Waals surface area contributed by atoms with E-state index in [-0.39, 0.29) is 0 Å². The highest BCUT2D eigenvalue weighted by Crippen LogP contribution is 2.21. The summed E-state index contributed by atoms with van der Waals surface area (Å²) in [5.41, 5.74) is 0. The van der Waals surface area contributed by atoms with E-state index in [4.69, 9.17) is 12.2 Å². The number of hydrogen-bond acceptors (Lipinski definition) is 5. The van der Waals surface area contributed by atoms with Crippen molar-refractivity contribution in [2.75, 3.05) is 19.3 Å². The van der Waals surface area contributed by atoms with Crippen LogP contribution in [0, 0.1) is 9.87 Å². The van der Waals surface area contributed by atoms with E-state index in [0.717, 1.165) is 20.8 Å². The number of thioether (sulfide) groups is 1. The lowest BCUT2D eigenvalue weighted by Crippen LogP contribution is -2.28. The van der Waals surface area contributed by atoms with Crippen LogP contribution in [0.25, 0.3) is 0 Å². The molecule has 1 N–H and O–H groups in total. The topological polar surface area (TPSA) is 29.9 Å². The zero-order valence-corrected chi connectivity index (χ0v) is 11.9. The highest BCUT2D eigenvalue weighted by Gasteiger charge is 2.13. The minimum atomic E-state index is 0.850. The second-order valence-electron chi connectivity index (χ2n) is 4.04. The molecule has 6 heteroatoms. The van der Waals surface area contributed by atoms with Crippen molar-refractivity contribution in [3.05, 3.63) is 3.95 Å². The summed E-state index contributed by atoms with van der Waals surface area (Å²) in [5, 5.41) is 7.88. The molecule has 1 aromatic heterocycles. The summed E-state index contributed by atoms with van der Waals surface area (Å²) in [4.78, 5) is 0. The van der Waals surface area contributed by atoms with Gasteiger partial charge < -0.3 is 5.32 Å². The Morgan fingerprint density at radius 2 is 2.31 bits per heavy atom. The summed E-state index contributed by atoms with van der Waals surface area (Å²) >= 11 is 8.59. The molecule has 1 fully saturated rings. The monoisotopic (exact) mass is 275 g/mol. The van der Waals surface area contributed by atoms with E-state index in [1.54, 1.807) is 23.1 Å². The third kappa shape index (κ3) is 3.29. The summed E-state index contributed by atoms with van der Waals surface area (Å²) < 4.78 is 3.99. The smallest absolute Gasteiger partial charge is 0.180 e. The maximum atomic E-state index is 5.30. The quantitative estimate of drug-likeness (QED) is 0.676. The third-order valence-corrected chi connectivity index (χ3v) is 5.25. The van der Waals surface area contributed by atoms with Crippen molar-refractivity contribution < 1.29 is 0 Å². The van der Waals surface area contributed by atoms with Crippen molar-refractivity contribution in [3.8, 4) is 0 Å². The Balaban J connectivity index is 1.88. The van der Waals surface area contributed by atoms with E-state index in [1.165, 1.54) is 32.4 Å². The minimum absolute atomic E-state index is 0.850. The SMILES string of the molecule is CSc1nn(CCC2CCNCC2)c(=S)s1. The van der Waals surface area contributed by atoms with Gasteiger partial charge in [0.2, 0.25) is 0 Å². The predicted molar refractivity (Wildman–Crippen MR) is 72.9 cm³/mol. The molecule has 0 aromatic carbocycles. The zero-order chi connectivity index (χ0) is 11.4. The number of aryl methyl sites for hydroxylation is 1. The van der Waals surface area contributed by atoms with Crippen molar-refractivity contribution in [2.45, 2.75) is 30.1 Å². The molecule has 90 valence electrons. The molecule has 0 spiro atoms. The van der Waals surface area contributed by atoms with Crippen LogP contribution < -0.4 is 5.32 Å². The largest absolute Gasteiger partial charge is 0.317 e. The van der Waals surface area contributed by atoms with E-state index in [9.17, 15) is 0 Å². The van der Waals surface area contributed by atoms with Gasteiger partial charge in [0.15, 0.2) is 8.29 Å². The average Bonchev–Trinajstić information content (AvgIpc) is 2.69. The fraction of sp³-hybridized carbons (Fsp3) is 0.800. The maximum Gasteiger partial charge on any atom is 0.180 e. The van der Waals surface area contributed by atoms with Crippen LogP contribution in [0.3, 0.4) is 0 Å². The van der Waals surface area contributed by atoms with Crippen LogP contribution in [-0.4, -0.2) is 29.1 Å². The number of nitrogens with one attached hydrogen (secondary N) is 1. The van der Waals surface area contributed by atoms with Crippen molar-refractivity contribution in [3.63, 3.8) is 0 Å². The molecule has 0 unspecified atom stereocenters. The first-order valence-corrected chi connectivity index (χ1v) is 8.07. The molecule has 0 saturated carbocycles. The van der Waals surface area contributed by atoms with Gasteiger partial charge in [0.25, 0.3) is 0 Å². The summed E-state index contributed by atoms with van der Waals surface area (Å²) in [7, 11) is 0. The Kier molecular flexibility index (Phi) is 4.81. The van der Waals surface area contributed by atoms with E-state index in [2.05, 4.69) is 10.4 Å². The molecular weight excluding hydrogens is 258 g/mol. The van der Waals surface area contributed by atoms with Gasteiger partial charge >= 0.3 is 0 Å². The summed E-state index contributed by atoms with van der Waals surface area (Å²) in [6.45, 7) is 3.33. The molecule has 0 aliphatic carbocycles. The van der Waals surface area contributed by atoms with Gasteiger partial charge in [-0.25, -0.2) is 4.68 Å². The normalized spacial score (nSPS) is 17.8. The van der Waals surface area contributed by atoms with Crippen LogP contribution in [-0.2, 0) is 6.54 Å². The highest BCUT2D eigenvalue weighted by atomic mass is 32.2. The van der Waals surface area contributed by atoms with Crippen molar-refractivity contribution >= 4 is 35.3 Å². The molecule has 1 saturated heterocycles. The molecule has 2 heterocycles. The molecular formula is C10H17N3S3. The number of hydrogen-bond donors (Lipinski definition) is 1. The third-order valence-electron chi connectivity index (χ3n) is 2.97. The first kappa shape index (κ1) is 12.5. The Bertz CT molecular complexity index is 379. The fourth-order valence-electron chi connectivity index (χ4n) is 1.99. The number of rotatable bonds is 4. The fourth-order valence-corrected chi connectivity index (χ4v) is 3.79. The molecule has 0 amide bonds. The van der Waals surface area contributed by atoms with Gasteiger partial charge in [-0.3, -0.25) is 0 Å². The van der Waals surface area contributed by atoms with Gasteiger partial charge in [0.05, 0.1) is 0 Å². The van der Waals surface area contributed by atoms with Crippen LogP contribution in [0.1, 0.15) is 19.3 Å². The molecule has 1 aromatic rings. The number of nitrogens with zero attached hydrogens (tertiary/aromatic N) is 2. The van der Waals surface area contributed by atoms with Crippen LogP contribution in [0.15, 0.2) is 4.34 Å². The van der Waals surface area contributed by atoms with Crippen LogP contribution in [0.4, 0.5) is 0 Å². The standard InChI is InChI=1S/C10H17N3S3/c1-15-9-12-13(10(14)16-9)7-4-8-2-5-11-6-3-8/h8,11H,2-7H2,1H3. The van der Waals surface area contributed by atoms with Crippen LogP contribution in [0.5, 0.6) is 0 Å². The van der Waals surface area contributed by atoms with Gasteiger partial charge in [-0.1, -0.05) is 23.1 Å². The van der Waals surface area contributed by atoms with E-state index < -0.39 is 0 Å². The maximum absolute atomic E-state index is 5.30. The van der Waals surface area contributed by atoms with Gasteiger partial charge in [-0.05, 0) is 56.7 Å². The van der Waals surface area contributed by atoms with E-state index >= 15 is 0 Å². The lowest BCUT2D eigenvalue weighted by atomic mass is 9.95. The Morgan fingerprint density at radius 3 is 2.94 bits per heavy atom. The summed E-state index contributed by atoms with van der Waals surface area (Å²) in [6.07, 6.45) is 5.86. The summed E-state index contributed by atoms with van der Waals surface area (Å²) in [5.74, 6) is 0.850. The Morgan fingerprint density at radius 1 is 1.56 bits per heavy atom. The molecule has 1 aliphatic heterocycles. The lowest BCUT2D eigenvalue weighted by molar-refractivity contribution is 0.330. The minimum Gasteiger partial charge on any atom is -0.317 e. The van der Waals surface area contributed by atoms with Crippen LogP contribution >= 0.6 is 35.3 Å². The highest BCUT2D eigenvalue weighted by molar-refractivity contribution is 8.00. The van der Waals surface area contributed by atoms with Gasteiger partial charge in [0.1, 0.15) is 0 Å². The van der Waals surface area contributed by atoms with E-state index in [0.29, 0.717) is 0 Å². The summed E-state index contributed by atoms with van der Waals surface area (Å²) in [6, 6.07) is 0. The zero-order valence-electron chi connectivity index (χ0n) is 9.44. The number of piperidine rings is 1. The molecule has 2 rings (SSSR count). The van der Waals surface area contributed by atoms with Crippen molar-refractivity contribution in [2.24, 2.45) is 5.92 Å². The van der Waals surface area contributed by atoms with Crippen LogP contribution in [0.2, 0.25) is 0 Å². The molecule has 1 aliphatic rings. The van der Waals surface area contributed by atoms with Gasteiger partial charge in [0, 0.05) is 6.54 Å².